The van der Waals surface area contributed by atoms with E-state index in [4.69, 9.17) is 4.74 Å². The van der Waals surface area contributed by atoms with Crippen molar-refractivity contribution in [1.82, 2.24) is 9.62 Å². The number of methoxy groups -OCH3 is 1. The minimum absolute atomic E-state index is 0.0566. The average Bonchev–Trinajstić information content (AvgIpc) is 3.13. The summed E-state index contributed by atoms with van der Waals surface area (Å²) in [6, 6.07) is 11.7. The van der Waals surface area contributed by atoms with Crippen LogP contribution < -0.4 is 9.46 Å². The average molecular weight is 423 g/mol. The van der Waals surface area contributed by atoms with Crippen molar-refractivity contribution >= 4 is 27.3 Å². The molecule has 1 aliphatic heterocycles. The minimum Gasteiger partial charge on any atom is -0.495 e. The molecule has 1 aromatic heterocycles. The first-order chi connectivity index (χ1) is 13.4. The molecule has 3 rings (SSSR count). The van der Waals surface area contributed by atoms with Crippen LogP contribution in [0.5, 0.6) is 5.75 Å². The van der Waals surface area contributed by atoms with Crippen LogP contribution in [0, 0.1) is 0 Å². The molecule has 1 fully saturated rings. The first kappa shape index (κ1) is 20.8. The van der Waals surface area contributed by atoms with Crippen molar-refractivity contribution in [3.8, 4) is 16.2 Å². The number of rotatable bonds is 7. The monoisotopic (exact) mass is 422 g/mol. The molecule has 0 atom stereocenters. The quantitative estimate of drug-likeness (QED) is 0.742. The zero-order valence-electron chi connectivity index (χ0n) is 16.2. The van der Waals surface area contributed by atoms with Gasteiger partial charge in [0.2, 0.25) is 10.0 Å². The molecule has 8 heteroatoms. The van der Waals surface area contributed by atoms with E-state index in [1.807, 2.05) is 43.3 Å². The fourth-order valence-corrected chi connectivity index (χ4v) is 5.84. The molecule has 2 aromatic rings. The number of ether oxygens (including phenoxy) is 1. The molecule has 1 aliphatic rings. The molecular weight excluding hydrogens is 396 g/mol. The Hall–Kier alpha value is -1.90. The molecule has 1 aromatic carbocycles. The maximum atomic E-state index is 13.0. The lowest BCUT2D eigenvalue weighted by atomic mass is 10.1. The van der Waals surface area contributed by atoms with E-state index in [0.717, 1.165) is 10.4 Å². The van der Waals surface area contributed by atoms with Crippen LogP contribution in [0.25, 0.3) is 10.4 Å². The van der Waals surface area contributed by atoms with Crippen molar-refractivity contribution in [2.75, 3.05) is 26.0 Å². The summed E-state index contributed by atoms with van der Waals surface area (Å²) < 4.78 is 32.1. The van der Waals surface area contributed by atoms with Gasteiger partial charge < -0.3 is 9.64 Å². The lowest BCUT2D eigenvalue weighted by Gasteiger charge is -2.32. The summed E-state index contributed by atoms with van der Waals surface area (Å²) in [6.45, 7) is 2.90. The molecule has 1 saturated heterocycles. The van der Waals surface area contributed by atoms with Crippen LogP contribution in [0.2, 0.25) is 0 Å². The SMILES string of the molecule is CCCS(=O)(=O)NC1CCN(C(=O)c2sc(-c3ccccc3)cc2OC)CC1. The topological polar surface area (TPSA) is 75.7 Å². The molecule has 0 radical (unpaired) electrons. The van der Waals surface area contributed by atoms with E-state index < -0.39 is 10.0 Å². The highest BCUT2D eigenvalue weighted by Gasteiger charge is 2.29. The number of carbonyl (C=O) groups excluding carboxylic acids is 1. The van der Waals surface area contributed by atoms with Gasteiger partial charge in [0.05, 0.1) is 12.9 Å². The van der Waals surface area contributed by atoms with Crippen molar-refractivity contribution in [2.24, 2.45) is 0 Å². The van der Waals surface area contributed by atoms with Gasteiger partial charge in [-0.3, -0.25) is 4.79 Å². The van der Waals surface area contributed by atoms with Crippen molar-refractivity contribution in [3.63, 3.8) is 0 Å². The van der Waals surface area contributed by atoms with Gasteiger partial charge in [0.25, 0.3) is 5.91 Å². The number of hydrogen-bond acceptors (Lipinski definition) is 5. The first-order valence-corrected chi connectivity index (χ1v) is 11.9. The molecule has 1 N–H and O–H groups in total. The Morgan fingerprint density at radius 1 is 1.25 bits per heavy atom. The van der Waals surface area contributed by atoms with E-state index in [2.05, 4.69) is 4.72 Å². The lowest BCUT2D eigenvalue weighted by Crippen LogP contribution is -2.46. The number of likely N-dealkylation sites (tertiary alicyclic amines) is 1. The molecule has 2 heterocycles. The summed E-state index contributed by atoms with van der Waals surface area (Å²) in [7, 11) is -1.66. The molecule has 28 heavy (non-hydrogen) atoms. The molecule has 0 spiro atoms. The molecule has 0 saturated carbocycles. The number of hydrogen-bond donors (Lipinski definition) is 1. The van der Waals surface area contributed by atoms with Gasteiger partial charge in [-0.1, -0.05) is 37.3 Å². The lowest BCUT2D eigenvalue weighted by molar-refractivity contribution is 0.0713. The van der Waals surface area contributed by atoms with Gasteiger partial charge in [-0.2, -0.15) is 0 Å². The zero-order chi connectivity index (χ0) is 20.1. The van der Waals surface area contributed by atoms with Crippen molar-refractivity contribution in [2.45, 2.75) is 32.2 Å². The Labute approximate surface area is 170 Å². The van der Waals surface area contributed by atoms with Crippen molar-refractivity contribution < 1.29 is 17.9 Å². The second-order valence-corrected chi connectivity index (χ2v) is 9.80. The third-order valence-electron chi connectivity index (χ3n) is 4.77. The second-order valence-electron chi connectivity index (χ2n) is 6.88. The number of nitrogens with zero attached hydrogens (tertiary/aromatic N) is 1. The van der Waals surface area contributed by atoms with Crippen molar-refractivity contribution in [1.29, 1.82) is 0 Å². The van der Waals surface area contributed by atoms with E-state index in [0.29, 0.717) is 43.0 Å². The minimum atomic E-state index is -3.23. The Morgan fingerprint density at radius 2 is 1.93 bits per heavy atom. The van der Waals surface area contributed by atoms with Crippen LogP contribution in [0.3, 0.4) is 0 Å². The number of carbonyl (C=O) groups is 1. The highest BCUT2D eigenvalue weighted by atomic mass is 32.2. The summed E-state index contributed by atoms with van der Waals surface area (Å²) in [5.74, 6) is 0.666. The van der Waals surface area contributed by atoms with E-state index >= 15 is 0 Å². The first-order valence-electron chi connectivity index (χ1n) is 9.46. The number of amides is 1. The van der Waals surface area contributed by atoms with Crippen LogP contribution in [-0.4, -0.2) is 51.2 Å². The third kappa shape index (κ3) is 4.92. The van der Waals surface area contributed by atoms with Gasteiger partial charge in [-0.15, -0.1) is 11.3 Å². The van der Waals surface area contributed by atoms with Gasteiger partial charge in [-0.25, -0.2) is 13.1 Å². The van der Waals surface area contributed by atoms with Crippen LogP contribution in [0.4, 0.5) is 0 Å². The largest absolute Gasteiger partial charge is 0.495 e. The summed E-state index contributed by atoms with van der Waals surface area (Å²) in [6.07, 6.45) is 1.83. The molecule has 0 bridgehead atoms. The predicted octanol–water partition coefficient (Wildman–Crippen LogP) is 3.36. The van der Waals surface area contributed by atoms with Gasteiger partial charge in [0, 0.05) is 24.0 Å². The molecular formula is C20H26N2O4S2. The zero-order valence-corrected chi connectivity index (χ0v) is 17.8. The van der Waals surface area contributed by atoms with E-state index in [1.165, 1.54) is 11.3 Å². The fourth-order valence-electron chi connectivity index (χ4n) is 3.35. The van der Waals surface area contributed by atoms with Crippen LogP contribution >= 0.6 is 11.3 Å². The maximum Gasteiger partial charge on any atom is 0.267 e. The summed E-state index contributed by atoms with van der Waals surface area (Å²) >= 11 is 1.43. The number of piperidine rings is 1. The van der Waals surface area contributed by atoms with Crippen LogP contribution in [0.15, 0.2) is 36.4 Å². The molecule has 1 amide bonds. The number of benzene rings is 1. The van der Waals surface area contributed by atoms with E-state index in [1.54, 1.807) is 12.0 Å². The number of nitrogens with one attached hydrogen (secondary N) is 1. The van der Waals surface area contributed by atoms with Gasteiger partial charge in [0.1, 0.15) is 10.6 Å². The molecule has 0 aliphatic carbocycles. The number of sulfonamides is 1. The van der Waals surface area contributed by atoms with Gasteiger partial charge in [0.15, 0.2) is 0 Å². The summed E-state index contributed by atoms with van der Waals surface area (Å²) in [5.41, 5.74) is 1.05. The van der Waals surface area contributed by atoms with E-state index in [-0.39, 0.29) is 17.7 Å². The molecule has 152 valence electrons. The number of thiophene rings is 1. The standard InChI is InChI=1S/C20H26N2O4S2/c1-3-13-28(24,25)21-16-9-11-22(12-10-16)20(23)19-17(26-2)14-18(27-19)15-7-5-4-6-8-15/h4-8,14,16,21H,3,9-13H2,1-2H3. The van der Waals surface area contributed by atoms with Gasteiger partial charge >= 0.3 is 0 Å². The highest BCUT2D eigenvalue weighted by molar-refractivity contribution is 7.89. The summed E-state index contributed by atoms with van der Waals surface area (Å²) in [5, 5.41) is 0. The fraction of sp³-hybridized carbons (Fsp3) is 0.450. The Bertz CT molecular complexity index is 902. The third-order valence-corrected chi connectivity index (χ3v) is 7.56. The smallest absolute Gasteiger partial charge is 0.267 e. The summed E-state index contributed by atoms with van der Waals surface area (Å²) in [4.78, 5) is 16.4. The molecule has 6 nitrogen and oxygen atoms in total. The Morgan fingerprint density at radius 3 is 2.54 bits per heavy atom. The molecule has 0 unspecified atom stereocenters. The van der Waals surface area contributed by atoms with Crippen LogP contribution in [0.1, 0.15) is 35.9 Å². The van der Waals surface area contributed by atoms with Gasteiger partial charge in [-0.05, 0) is 30.9 Å². The maximum absolute atomic E-state index is 13.0. The van der Waals surface area contributed by atoms with Crippen LogP contribution in [-0.2, 0) is 10.0 Å². The Balaban J connectivity index is 1.68. The van der Waals surface area contributed by atoms with Crippen molar-refractivity contribution in [3.05, 3.63) is 41.3 Å². The normalized spacial score (nSPS) is 15.6. The second kappa shape index (κ2) is 9.07. The Kier molecular flexibility index (Phi) is 6.74. The van der Waals surface area contributed by atoms with E-state index in [9.17, 15) is 13.2 Å². The predicted molar refractivity (Wildman–Crippen MR) is 112 cm³/mol. The highest BCUT2D eigenvalue weighted by Crippen LogP contribution is 2.37.